The molecule has 0 aliphatic heterocycles. The van der Waals surface area contributed by atoms with Gasteiger partial charge in [0.1, 0.15) is 5.82 Å². The first-order chi connectivity index (χ1) is 9.60. The number of rotatable bonds is 5. The zero-order valence-corrected chi connectivity index (χ0v) is 13.0. The monoisotopic (exact) mass is 277 g/mol. The molecule has 0 amide bonds. The van der Waals surface area contributed by atoms with Crippen molar-refractivity contribution in [2.45, 2.75) is 65.0 Å². The highest BCUT2D eigenvalue weighted by Gasteiger charge is 2.24. The molecule has 1 aromatic rings. The predicted molar refractivity (Wildman–Crippen MR) is 83.2 cm³/mol. The van der Waals surface area contributed by atoms with Crippen LogP contribution in [0.2, 0.25) is 0 Å². The Morgan fingerprint density at radius 1 is 1.10 bits per heavy atom. The zero-order valence-electron chi connectivity index (χ0n) is 13.0. The third-order valence-corrected chi connectivity index (χ3v) is 4.74. The van der Waals surface area contributed by atoms with Crippen LogP contribution in [0.3, 0.4) is 0 Å². The first-order valence-corrected chi connectivity index (χ1v) is 8.11. The molecule has 1 unspecified atom stereocenters. The molecule has 0 bridgehead atoms. The Labute approximate surface area is 123 Å². The van der Waals surface area contributed by atoms with Gasteiger partial charge in [0.05, 0.1) is 0 Å². The van der Waals surface area contributed by atoms with Crippen molar-refractivity contribution in [3.8, 4) is 0 Å². The van der Waals surface area contributed by atoms with Gasteiger partial charge in [-0.15, -0.1) is 0 Å². The molecular formula is C18H28FN. The maximum atomic E-state index is 13.1. The Balaban J connectivity index is 1.98. The quantitative estimate of drug-likeness (QED) is 0.791. The van der Waals surface area contributed by atoms with Crippen LogP contribution in [-0.2, 0) is 0 Å². The van der Waals surface area contributed by atoms with Gasteiger partial charge in [-0.05, 0) is 55.2 Å². The minimum absolute atomic E-state index is 0.153. The Kier molecular flexibility index (Phi) is 5.59. The van der Waals surface area contributed by atoms with Crippen molar-refractivity contribution < 1.29 is 4.39 Å². The van der Waals surface area contributed by atoms with Crippen molar-refractivity contribution in [2.75, 3.05) is 0 Å². The molecule has 1 aromatic carbocycles. The highest BCUT2D eigenvalue weighted by molar-refractivity contribution is 5.20. The second-order valence-corrected chi connectivity index (χ2v) is 6.57. The molecule has 2 heteroatoms. The third kappa shape index (κ3) is 4.05. The Morgan fingerprint density at radius 3 is 2.20 bits per heavy atom. The summed E-state index contributed by atoms with van der Waals surface area (Å²) in [5.41, 5.74) is 1.21. The molecule has 2 rings (SSSR count). The van der Waals surface area contributed by atoms with Crippen LogP contribution in [-0.4, -0.2) is 6.04 Å². The molecule has 1 N–H and O–H groups in total. The second-order valence-electron chi connectivity index (χ2n) is 6.57. The lowest BCUT2D eigenvalue weighted by Crippen LogP contribution is -2.38. The molecule has 1 aliphatic rings. The van der Waals surface area contributed by atoms with E-state index in [1.165, 1.54) is 37.7 Å². The van der Waals surface area contributed by atoms with E-state index in [0.29, 0.717) is 18.0 Å². The van der Waals surface area contributed by atoms with Crippen LogP contribution in [0, 0.1) is 17.7 Å². The fraction of sp³-hybridized carbons (Fsp3) is 0.667. The highest BCUT2D eigenvalue weighted by atomic mass is 19.1. The molecular weight excluding hydrogens is 249 g/mol. The Morgan fingerprint density at radius 2 is 1.70 bits per heavy atom. The van der Waals surface area contributed by atoms with Gasteiger partial charge in [0.25, 0.3) is 0 Å². The van der Waals surface area contributed by atoms with Crippen LogP contribution in [0.1, 0.15) is 64.5 Å². The molecule has 0 spiro atoms. The molecule has 1 nitrogen and oxygen atoms in total. The van der Waals surface area contributed by atoms with E-state index < -0.39 is 0 Å². The van der Waals surface area contributed by atoms with Crippen LogP contribution in [0.5, 0.6) is 0 Å². The van der Waals surface area contributed by atoms with E-state index in [2.05, 4.69) is 26.1 Å². The predicted octanol–water partition coefficient (Wildman–Crippen LogP) is 5.08. The van der Waals surface area contributed by atoms with Gasteiger partial charge >= 0.3 is 0 Å². The topological polar surface area (TPSA) is 12.0 Å². The zero-order chi connectivity index (χ0) is 14.5. The molecule has 20 heavy (non-hydrogen) atoms. The smallest absolute Gasteiger partial charge is 0.123 e. The highest BCUT2D eigenvalue weighted by Crippen LogP contribution is 2.30. The lowest BCUT2D eigenvalue weighted by atomic mass is 9.83. The maximum absolute atomic E-state index is 13.1. The van der Waals surface area contributed by atoms with E-state index in [1.54, 1.807) is 12.1 Å². The summed E-state index contributed by atoms with van der Waals surface area (Å²) in [6, 6.07) is 7.94. The summed E-state index contributed by atoms with van der Waals surface area (Å²) < 4.78 is 13.1. The number of halogens is 1. The summed E-state index contributed by atoms with van der Waals surface area (Å²) in [5, 5.41) is 3.81. The lowest BCUT2D eigenvalue weighted by molar-refractivity contribution is 0.251. The van der Waals surface area contributed by atoms with Gasteiger partial charge in [0.2, 0.25) is 0 Å². The fourth-order valence-corrected chi connectivity index (χ4v) is 3.33. The summed E-state index contributed by atoms with van der Waals surface area (Å²) in [4.78, 5) is 0. The van der Waals surface area contributed by atoms with Crippen molar-refractivity contribution in [3.63, 3.8) is 0 Å². The SMILES string of the molecule is CCC1CCC(NC(c2ccc(F)cc2)C(C)C)CC1. The van der Waals surface area contributed by atoms with E-state index >= 15 is 0 Å². The molecule has 1 aliphatic carbocycles. The number of benzene rings is 1. The van der Waals surface area contributed by atoms with E-state index in [-0.39, 0.29) is 5.82 Å². The van der Waals surface area contributed by atoms with Crippen molar-refractivity contribution >= 4 is 0 Å². The second kappa shape index (κ2) is 7.21. The third-order valence-electron chi connectivity index (χ3n) is 4.74. The van der Waals surface area contributed by atoms with E-state index in [4.69, 9.17) is 0 Å². The first-order valence-electron chi connectivity index (χ1n) is 8.11. The minimum Gasteiger partial charge on any atom is -0.307 e. The summed E-state index contributed by atoms with van der Waals surface area (Å²) in [5.74, 6) is 1.29. The minimum atomic E-state index is -0.153. The Bertz CT molecular complexity index is 390. The average molecular weight is 277 g/mol. The van der Waals surface area contributed by atoms with E-state index in [9.17, 15) is 4.39 Å². The van der Waals surface area contributed by atoms with Crippen LogP contribution in [0.25, 0.3) is 0 Å². The van der Waals surface area contributed by atoms with E-state index in [1.807, 2.05) is 12.1 Å². The van der Waals surface area contributed by atoms with Gasteiger partial charge in [0, 0.05) is 12.1 Å². The summed E-state index contributed by atoms with van der Waals surface area (Å²) >= 11 is 0. The summed E-state index contributed by atoms with van der Waals surface area (Å²) in [6.07, 6.45) is 6.58. The summed E-state index contributed by atoms with van der Waals surface area (Å²) in [6.45, 7) is 6.77. The number of hydrogen-bond donors (Lipinski definition) is 1. The Hall–Kier alpha value is -0.890. The standard InChI is InChI=1S/C18H28FN/c1-4-14-5-11-17(12-6-14)20-18(13(2)3)15-7-9-16(19)10-8-15/h7-10,13-14,17-18,20H,4-6,11-12H2,1-3H3. The van der Waals surface area contributed by atoms with Crippen LogP contribution >= 0.6 is 0 Å². The number of hydrogen-bond acceptors (Lipinski definition) is 1. The van der Waals surface area contributed by atoms with Crippen molar-refractivity contribution in [3.05, 3.63) is 35.6 Å². The van der Waals surface area contributed by atoms with Gasteiger partial charge in [-0.1, -0.05) is 39.3 Å². The van der Waals surface area contributed by atoms with Gasteiger partial charge < -0.3 is 5.32 Å². The van der Waals surface area contributed by atoms with Crippen molar-refractivity contribution in [1.29, 1.82) is 0 Å². The molecule has 112 valence electrons. The van der Waals surface area contributed by atoms with Gasteiger partial charge in [0.15, 0.2) is 0 Å². The summed E-state index contributed by atoms with van der Waals surface area (Å²) in [7, 11) is 0. The first kappa shape index (κ1) is 15.5. The average Bonchev–Trinajstić information content (AvgIpc) is 2.46. The lowest BCUT2D eigenvalue weighted by Gasteiger charge is -2.33. The number of nitrogens with one attached hydrogen (secondary N) is 1. The van der Waals surface area contributed by atoms with Gasteiger partial charge in [-0.2, -0.15) is 0 Å². The van der Waals surface area contributed by atoms with Crippen molar-refractivity contribution in [2.24, 2.45) is 11.8 Å². The maximum Gasteiger partial charge on any atom is 0.123 e. The largest absolute Gasteiger partial charge is 0.307 e. The molecule has 0 heterocycles. The molecule has 1 atom stereocenters. The van der Waals surface area contributed by atoms with Gasteiger partial charge in [-0.25, -0.2) is 4.39 Å². The van der Waals surface area contributed by atoms with Crippen LogP contribution in [0.15, 0.2) is 24.3 Å². The van der Waals surface area contributed by atoms with Gasteiger partial charge in [-0.3, -0.25) is 0 Å². The molecule has 0 radical (unpaired) electrons. The van der Waals surface area contributed by atoms with E-state index in [0.717, 1.165) is 5.92 Å². The molecule has 0 saturated heterocycles. The van der Waals surface area contributed by atoms with Crippen LogP contribution < -0.4 is 5.32 Å². The molecule has 0 aromatic heterocycles. The fourth-order valence-electron chi connectivity index (χ4n) is 3.33. The molecule has 1 fully saturated rings. The molecule has 1 saturated carbocycles. The van der Waals surface area contributed by atoms with Crippen molar-refractivity contribution in [1.82, 2.24) is 5.32 Å². The normalized spacial score (nSPS) is 24.9. The van der Waals surface area contributed by atoms with Crippen LogP contribution in [0.4, 0.5) is 4.39 Å².